The van der Waals surface area contributed by atoms with Gasteiger partial charge in [-0.15, -0.1) is 12.4 Å². The van der Waals surface area contributed by atoms with Crippen LogP contribution in [0.3, 0.4) is 0 Å². The summed E-state index contributed by atoms with van der Waals surface area (Å²) in [5, 5.41) is 3.76. The van der Waals surface area contributed by atoms with Gasteiger partial charge < -0.3 is 5.32 Å². The van der Waals surface area contributed by atoms with Gasteiger partial charge in [0.05, 0.1) is 5.02 Å². The maximum Gasteiger partial charge on any atom is 0.244 e. The third-order valence-electron chi connectivity index (χ3n) is 4.32. The van der Waals surface area contributed by atoms with Gasteiger partial charge in [-0.2, -0.15) is 4.31 Å². The Balaban J connectivity index is 0.00000161. The molecule has 1 aromatic carbocycles. The molecule has 7 heteroatoms. The lowest BCUT2D eigenvalue weighted by atomic mass is 9.95. The van der Waals surface area contributed by atoms with Crippen LogP contribution in [-0.4, -0.2) is 38.4 Å². The minimum Gasteiger partial charge on any atom is -0.314 e. The highest BCUT2D eigenvalue weighted by Gasteiger charge is 2.38. The van der Waals surface area contributed by atoms with Gasteiger partial charge in [0.1, 0.15) is 4.90 Å². The van der Waals surface area contributed by atoms with E-state index in [1.54, 1.807) is 22.5 Å². The van der Waals surface area contributed by atoms with Crippen molar-refractivity contribution in [1.29, 1.82) is 0 Å². The van der Waals surface area contributed by atoms with Crippen LogP contribution in [0.2, 0.25) is 5.02 Å². The molecule has 4 nitrogen and oxygen atoms in total. The summed E-state index contributed by atoms with van der Waals surface area (Å²) in [4.78, 5) is 0.231. The molecule has 2 saturated heterocycles. The summed E-state index contributed by atoms with van der Waals surface area (Å²) in [5.74, 6) is 0.433. The minimum absolute atomic E-state index is 0. The second-order valence-corrected chi connectivity index (χ2v) is 8.01. The third-order valence-corrected chi connectivity index (χ3v) is 6.67. The average molecular weight is 351 g/mol. The Kier molecular flexibility index (Phi) is 5.21. The molecule has 0 saturated carbocycles. The first-order valence-corrected chi connectivity index (χ1v) is 8.80. The average Bonchev–Trinajstić information content (AvgIpc) is 2.85. The Morgan fingerprint density at radius 2 is 2.10 bits per heavy atom. The van der Waals surface area contributed by atoms with Crippen LogP contribution in [0.1, 0.15) is 18.4 Å². The summed E-state index contributed by atoms with van der Waals surface area (Å²) < 4.78 is 27.1. The van der Waals surface area contributed by atoms with Gasteiger partial charge in [-0.05, 0) is 49.9 Å². The lowest BCUT2D eigenvalue weighted by Gasteiger charge is -2.34. The van der Waals surface area contributed by atoms with E-state index < -0.39 is 10.0 Å². The van der Waals surface area contributed by atoms with Gasteiger partial charge in [-0.1, -0.05) is 17.7 Å². The number of hydrogen-bond donors (Lipinski definition) is 1. The number of fused-ring (bicyclic) bond motifs is 1. The van der Waals surface area contributed by atoms with Crippen LogP contribution in [0, 0.1) is 12.8 Å². The van der Waals surface area contributed by atoms with E-state index in [0.29, 0.717) is 30.1 Å². The number of halogens is 2. The zero-order valence-corrected chi connectivity index (χ0v) is 14.3. The molecular weight excluding hydrogens is 331 g/mol. The molecule has 1 N–H and O–H groups in total. The highest BCUT2D eigenvalue weighted by atomic mass is 35.5. The quantitative estimate of drug-likeness (QED) is 0.890. The molecule has 0 radical (unpaired) electrons. The smallest absolute Gasteiger partial charge is 0.244 e. The van der Waals surface area contributed by atoms with Gasteiger partial charge in [0, 0.05) is 19.1 Å². The second-order valence-electron chi connectivity index (χ2n) is 5.69. The highest BCUT2D eigenvalue weighted by molar-refractivity contribution is 7.89. The van der Waals surface area contributed by atoms with Crippen molar-refractivity contribution in [2.24, 2.45) is 5.92 Å². The van der Waals surface area contributed by atoms with Crippen LogP contribution in [0.15, 0.2) is 23.1 Å². The van der Waals surface area contributed by atoms with Crippen LogP contribution in [0.25, 0.3) is 0 Å². The van der Waals surface area contributed by atoms with Crippen LogP contribution < -0.4 is 5.32 Å². The molecule has 2 atom stereocenters. The van der Waals surface area contributed by atoms with Crippen molar-refractivity contribution in [3.8, 4) is 0 Å². The normalized spacial score (nSPS) is 26.2. The van der Waals surface area contributed by atoms with E-state index in [9.17, 15) is 8.42 Å². The van der Waals surface area contributed by atoms with E-state index in [-0.39, 0.29) is 17.3 Å². The van der Waals surface area contributed by atoms with Crippen molar-refractivity contribution < 1.29 is 8.42 Å². The summed E-state index contributed by atoms with van der Waals surface area (Å²) in [6.07, 6.45) is 1.94. The van der Waals surface area contributed by atoms with E-state index in [1.165, 1.54) is 0 Å². The van der Waals surface area contributed by atoms with Gasteiger partial charge in [0.25, 0.3) is 0 Å². The largest absolute Gasteiger partial charge is 0.314 e. The summed E-state index contributed by atoms with van der Waals surface area (Å²) in [6.45, 7) is 4.07. The molecule has 2 aliphatic rings. The van der Waals surface area contributed by atoms with E-state index in [0.717, 1.165) is 24.9 Å². The molecule has 3 rings (SSSR count). The van der Waals surface area contributed by atoms with E-state index in [2.05, 4.69) is 5.32 Å². The first-order chi connectivity index (χ1) is 9.48. The molecule has 0 bridgehead atoms. The van der Waals surface area contributed by atoms with Gasteiger partial charge >= 0.3 is 0 Å². The number of aryl methyl sites for hydroxylation is 1. The number of rotatable bonds is 2. The molecule has 0 aromatic heterocycles. The van der Waals surface area contributed by atoms with Gasteiger partial charge in [0.15, 0.2) is 0 Å². The topological polar surface area (TPSA) is 49.4 Å². The van der Waals surface area contributed by atoms with E-state index in [1.807, 2.05) is 6.92 Å². The third kappa shape index (κ3) is 3.22. The fraction of sp³-hybridized carbons (Fsp3) is 0.571. The summed E-state index contributed by atoms with van der Waals surface area (Å²) >= 11 is 6.13. The second kappa shape index (κ2) is 6.42. The molecule has 0 aliphatic carbocycles. The standard InChI is InChI=1S/C14H19ClN2O2S.ClH/c1-10-2-3-14(12(15)8-10)20(18,19)17-7-5-13-11(9-17)4-6-16-13;/h2-3,8,11,13,16H,4-7,9H2,1H3;1H. The van der Waals surface area contributed by atoms with E-state index >= 15 is 0 Å². The SMILES string of the molecule is Cc1ccc(S(=O)(=O)N2CCC3NCCC3C2)c(Cl)c1.Cl. The maximum atomic E-state index is 12.7. The number of benzene rings is 1. The lowest BCUT2D eigenvalue weighted by molar-refractivity contribution is 0.247. The Bertz CT molecular complexity index is 621. The summed E-state index contributed by atoms with van der Waals surface area (Å²) in [6, 6.07) is 5.60. The molecule has 0 spiro atoms. The monoisotopic (exact) mass is 350 g/mol. The van der Waals surface area contributed by atoms with Crippen molar-refractivity contribution in [3.05, 3.63) is 28.8 Å². The summed E-state index contributed by atoms with van der Waals surface area (Å²) in [5.41, 5.74) is 0.965. The van der Waals surface area contributed by atoms with Crippen LogP contribution in [0.4, 0.5) is 0 Å². The Morgan fingerprint density at radius 1 is 1.33 bits per heavy atom. The van der Waals surface area contributed by atoms with Crippen molar-refractivity contribution in [2.45, 2.75) is 30.7 Å². The summed E-state index contributed by atoms with van der Waals surface area (Å²) in [7, 11) is -3.47. The first-order valence-electron chi connectivity index (χ1n) is 6.98. The number of piperidine rings is 1. The van der Waals surface area contributed by atoms with Crippen molar-refractivity contribution in [2.75, 3.05) is 19.6 Å². The Morgan fingerprint density at radius 3 is 2.81 bits per heavy atom. The molecule has 118 valence electrons. The molecule has 0 amide bonds. The first kappa shape index (κ1) is 17.0. The number of hydrogen-bond acceptors (Lipinski definition) is 3. The van der Waals surface area contributed by atoms with Gasteiger partial charge in [0.2, 0.25) is 10.0 Å². The zero-order chi connectivity index (χ0) is 14.3. The minimum atomic E-state index is -3.47. The molecule has 21 heavy (non-hydrogen) atoms. The van der Waals surface area contributed by atoms with Crippen LogP contribution in [0.5, 0.6) is 0 Å². The van der Waals surface area contributed by atoms with Gasteiger partial charge in [-0.3, -0.25) is 0 Å². The molecule has 2 unspecified atom stereocenters. The van der Waals surface area contributed by atoms with Crippen molar-refractivity contribution in [3.63, 3.8) is 0 Å². The van der Waals surface area contributed by atoms with Gasteiger partial charge in [-0.25, -0.2) is 8.42 Å². The Labute approximate surface area is 137 Å². The maximum absolute atomic E-state index is 12.7. The molecule has 2 aliphatic heterocycles. The number of sulfonamides is 1. The lowest BCUT2D eigenvalue weighted by Crippen LogP contribution is -2.46. The molecule has 1 aromatic rings. The number of nitrogens with one attached hydrogen (secondary N) is 1. The fourth-order valence-electron chi connectivity index (χ4n) is 3.19. The van der Waals surface area contributed by atoms with Crippen LogP contribution in [-0.2, 0) is 10.0 Å². The Hall–Kier alpha value is -0.330. The molecule has 2 fully saturated rings. The highest BCUT2D eigenvalue weighted by Crippen LogP contribution is 2.31. The van der Waals surface area contributed by atoms with Crippen LogP contribution >= 0.6 is 24.0 Å². The number of nitrogens with zero attached hydrogens (tertiary/aromatic N) is 1. The predicted molar refractivity (Wildman–Crippen MR) is 86.7 cm³/mol. The van der Waals surface area contributed by atoms with E-state index in [4.69, 9.17) is 11.6 Å². The predicted octanol–water partition coefficient (Wildman–Crippen LogP) is 2.44. The fourth-order valence-corrected chi connectivity index (χ4v) is 5.27. The molecular formula is C14H20Cl2N2O2S. The molecule has 2 heterocycles. The van der Waals surface area contributed by atoms with Crippen molar-refractivity contribution >= 4 is 34.0 Å². The van der Waals surface area contributed by atoms with Crippen molar-refractivity contribution in [1.82, 2.24) is 9.62 Å². The zero-order valence-electron chi connectivity index (χ0n) is 11.9.